The molecular formula is C16H20N4O. The monoisotopic (exact) mass is 284 g/mol. The lowest BCUT2D eigenvalue weighted by Gasteiger charge is -2.16. The lowest BCUT2D eigenvalue weighted by atomic mass is 10.1. The van der Waals surface area contributed by atoms with Gasteiger partial charge in [0.15, 0.2) is 5.82 Å². The van der Waals surface area contributed by atoms with E-state index >= 15 is 0 Å². The van der Waals surface area contributed by atoms with Gasteiger partial charge in [-0.2, -0.15) is 9.97 Å². The van der Waals surface area contributed by atoms with E-state index in [1.165, 1.54) is 12.8 Å². The van der Waals surface area contributed by atoms with Crippen LogP contribution in [-0.4, -0.2) is 22.1 Å². The standard InChI is InChI=1S/C16H20N4O/c1-21-13(11-7-3-2-4-8-11)15-18-14(19-16(17)20-15)12-9-5-6-10-12/h2-4,7-8,12-13H,5-6,9-10H2,1H3,(H2,17,18,19,20). The maximum atomic E-state index is 5.88. The average Bonchev–Trinajstić information content (AvgIpc) is 3.03. The molecule has 1 atom stereocenters. The number of nitrogen functional groups attached to an aromatic ring is 1. The van der Waals surface area contributed by atoms with Gasteiger partial charge in [0.1, 0.15) is 11.9 Å². The van der Waals surface area contributed by atoms with Gasteiger partial charge in [-0.25, -0.2) is 4.98 Å². The van der Waals surface area contributed by atoms with Crippen LogP contribution in [0.5, 0.6) is 0 Å². The van der Waals surface area contributed by atoms with E-state index in [0.717, 1.165) is 24.2 Å². The molecule has 5 heteroatoms. The molecule has 0 radical (unpaired) electrons. The zero-order valence-electron chi connectivity index (χ0n) is 12.2. The van der Waals surface area contributed by atoms with Crippen molar-refractivity contribution in [2.45, 2.75) is 37.7 Å². The molecule has 1 aromatic carbocycles. The molecule has 1 aromatic heterocycles. The van der Waals surface area contributed by atoms with Crippen molar-refractivity contribution < 1.29 is 4.74 Å². The van der Waals surface area contributed by atoms with Crippen molar-refractivity contribution in [3.8, 4) is 0 Å². The van der Waals surface area contributed by atoms with E-state index in [1.807, 2.05) is 30.3 Å². The van der Waals surface area contributed by atoms with Crippen molar-refractivity contribution in [3.63, 3.8) is 0 Å². The molecule has 1 aliphatic carbocycles. The number of methoxy groups -OCH3 is 1. The van der Waals surface area contributed by atoms with E-state index in [1.54, 1.807) is 7.11 Å². The van der Waals surface area contributed by atoms with Crippen molar-refractivity contribution in [1.29, 1.82) is 0 Å². The van der Waals surface area contributed by atoms with Crippen molar-refractivity contribution in [1.82, 2.24) is 15.0 Å². The molecule has 0 amide bonds. The second kappa shape index (κ2) is 6.18. The highest BCUT2D eigenvalue weighted by Crippen LogP contribution is 2.33. The number of anilines is 1. The molecule has 0 spiro atoms. The summed E-state index contributed by atoms with van der Waals surface area (Å²) in [5.41, 5.74) is 6.90. The largest absolute Gasteiger partial charge is 0.369 e. The molecule has 0 bridgehead atoms. The molecule has 21 heavy (non-hydrogen) atoms. The summed E-state index contributed by atoms with van der Waals surface area (Å²) in [6, 6.07) is 9.93. The molecule has 1 saturated carbocycles. The first-order valence-corrected chi connectivity index (χ1v) is 7.37. The fraction of sp³-hybridized carbons (Fsp3) is 0.438. The molecule has 3 rings (SSSR count). The number of hydrogen-bond acceptors (Lipinski definition) is 5. The van der Waals surface area contributed by atoms with E-state index < -0.39 is 0 Å². The van der Waals surface area contributed by atoms with E-state index in [2.05, 4.69) is 15.0 Å². The summed E-state index contributed by atoms with van der Waals surface area (Å²) in [5.74, 6) is 2.09. The van der Waals surface area contributed by atoms with Crippen LogP contribution in [-0.2, 0) is 4.74 Å². The third-order valence-electron chi connectivity index (χ3n) is 3.98. The minimum Gasteiger partial charge on any atom is -0.369 e. The predicted octanol–water partition coefficient (Wildman–Crippen LogP) is 2.85. The van der Waals surface area contributed by atoms with Gasteiger partial charge in [-0.3, -0.25) is 0 Å². The van der Waals surface area contributed by atoms with Crippen LogP contribution >= 0.6 is 0 Å². The first kappa shape index (κ1) is 13.9. The molecule has 2 aromatic rings. The Bertz CT molecular complexity index is 596. The zero-order chi connectivity index (χ0) is 14.7. The van der Waals surface area contributed by atoms with Crippen LogP contribution in [0.25, 0.3) is 0 Å². The SMILES string of the molecule is COC(c1ccccc1)c1nc(N)nc(C2CCCC2)n1. The van der Waals surface area contributed by atoms with Gasteiger partial charge in [-0.1, -0.05) is 43.2 Å². The summed E-state index contributed by atoms with van der Waals surface area (Å²) in [6.45, 7) is 0. The zero-order valence-corrected chi connectivity index (χ0v) is 12.2. The Hall–Kier alpha value is -2.01. The molecule has 1 fully saturated rings. The van der Waals surface area contributed by atoms with Crippen molar-refractivity contribution in [3.05, 3.63) is 47.5 Å². The quantitative estimate of drug-likeness (QED) is 0.934. The Morgan fingerprint density at radius 1 is 1.10 bits per heavy atom. The summed E-state index contributed by atoms with van der Waals surface area (Å²) in [6.07, 6.45) is 4.42. The number of nitrogens with zero attached hydrogens (tertiary/aromatic N) is 3. The van der Waals surface area contributed by atoms with E-state index in [9.17, 15) is 0 Å². The lowest BCUT2D eigenvalue weighted by molar-refractivity contribution is 0.128. The first-order valence-electron chi connectivity index (χ1n) is 7.37. The number of rotatable bonds is 4. The first-order chi connectivity index (χ1) is 10.3. The highest BCUT2D eigenvalue weighted by atomic mass is 16.5. The van der Waals surface area contributed by atoms with Crippen LogP contribution in [0.4, 0.5) is 5.95 Å². The topological polar surface area (TPSA) is 73.9 Å². The lowest BCUT2D eigenvalue weighted by Crippen LogP contribution is -2.14. The summed E-state index contributed by atoms with van der Waals surface area (Å²) < 4.78 is 5.59. The van der Waals surface area contributed by atoms with Crippen LogP contribution in [0.3, 0.4) is 0 Å². The van der Waals surface area contributed by atoms with Gasteiger partial charge in [0.05, 0.1) is 0 Å². The third-order valence-corrected chi connectivity index (χ3v) is 3.98. The van der Waals surface area contributed by atoms with E-state index in [0.29, 0.717) is 11.7 Å². The number of benzene rings is 1. The number of nitrogens with two attached hydrogens (primary N) is 1. The Balaban J connectivity index is 1.96. The maximum Gasteiger partial charge on any atom is 0.223 e. The van der Waals surface area contributed by atoms with Gasteiger partial charge in [0.2, 0.25) is 5.95 Å². The molecule has 0 saturated heterocycles. The van der Waals surface area contributed by atoms with Crippen molar-refractivity contribution >= 4 is 5.95 Å². The van der Waals surface area contributed by atoms with Gasteiger partial charge in [-0.05, 0) is 18.4 Å². The van der Waals surface area contributed by atoms with Crippen LogP contribution in [0.1, 0.15) is 54.9 Å². The van der Waals surface area contributed by atoms with Gasteiger partial charge < -0.3 is 10.5 Å². The fourth-order valence-electron chi connectivity index (χ4n) is 2.93. The van der Waals surface area contributed by atoms with Crippen molar-refractivity contribution in [2.75, 3.05) is 12.8 Å². The minimum atomic E-state index is -0.309. The van der Waals surface area contributed by atoms with Crippen molar-refractivity contribution in [2.24, 2.45) is 0 Å². The van der Waals surface area contributed by atoms with Crippen LogP contribution in [0, 0.1) is 0 Å². The molecule has 1 unspecified atom stereocenters. The minimum absolute atomic E-state index is 0.278. The summed E-state index contributed by atoms with van der Waals surface area (Å²) in [5, 5.41) is 0. The molecule has 0 aliphatic heterocycles. The Kier molecular flexibility index (Phi) is 4.10. The number of aromatic nitrogens is 3. The highest BCUT2D eigenvalue weighted by Gasteiger charge is 2.24. The van der Waals surface area contributed by atoms with Gasteiger partial charge >= 0.3 is 0 Å². The van der Waals surface area contributed by atoms with E-state index in [-0.39, 0.29) is 12.1 Å². The Morgan fingerprint density at radius 2 is 1.81 bits per heavy atom. The molecule has 5 nitrogen and oxygen atoms in total. The molecule has 110 valence electrons. The fourth-order valence-corrected chi connectivity index (χ4v) is 2.93. The number of hydrogen-bond donors (Lipinski definition) is 1. The molecule has 1 aliphatic rings. The smallest absolute Gasteiger partial charge is 0.223 e. The van der Waals surface area contributed by atoms with Gasteiger partial charge in [-0.15, -0.1) is 0 Å². The summed E-state index contributed by atoms with van der Waals surface area (Å²) >= 11 is 0. The third kappa shape index (κ3) is 3.03. The van der Waals surface area contributed by atoms with Crippen LogP contribution in [0.15, 0.2) is 30.3 Å². The molecule has 1 heterocycles. The Morgan fingerprint density at radius 3 is 2.48 bits per heavy atom. The second-order valence-electron chi connectivity index (χ2n) is 5.42. The predicted molar refractivity (Wildman–Crippen MR) is 80.7 cm³/mol. The normalized spacial score (nSPS) is 17.0. The maximum absolute atomic E-state index is 5.88. The van der Waals surface area contributed by atoms with Gasteiger partial charge in [0, 0.05) is 13.0 Å². The summed E-state index contributed by atoms with van der Waals surface area (Å²) in [7, 11) is 1.66. The van der Waals surface area contributed by atoms with Crippen LogP contribution in [0.2, 0.25) is 0 Å². The van der Waals surface area contributed by atoms with Crippen LogP contribution < -0.4 is 5.73 Å². The average molecular weight is 284 g/mol. The Labute approximate surface area is 124 Å². The molecule has 2 N–H and O–H groups in total. The number of ether oxygens (including phenoxy) is 1. The summed E-state index contributed by atoms with van der Waals surface area (Å²) in [4.78, 5) is 13.2. The molecular weight excluding hydrogens is 264 g/mol. The van der Waals surface area contributed by atoms with Gasteiger partial charge in [0.25, 0.3) is 0 Å². The van der Waals surface area contributed by atoms with E-state index in [4.69, 9.17) is 10.5 Å². The second-order valence-corrected chi connectivity index (χ2v) is 5.42. The highest BCUT2D eigenvalue weighted by molar-refractivity contribution is 5.26.